The van der Waals surface area contributed by atoms with Gasteiger partial charge in [-0.3, -0.25) is 0 Å². The Balaban J connectivity index is 2.62. The summed E-state index contributed by atoms with van der Waals surface area (Å²) in [4.78, 5) is 2.24. The minimum atomic E-state index is 0.996. The average Bonchev–Trinajstić information content (AvgIpc) is 2.04. The van der Waals surface area contributed by atoms with Gasteiger partial charge in [0.1, 0.15) is 0 Å². The van der Waals surface area contributed by atoms with Crippen molar-refractivity contribution < 1.29 is 0 Å². The highest BCUT2D eigenvalue weighted by atomic mass is 79.9. The molecule has 2 heteroatoms. The van der Waals surface area contributed by atoms with Crippen molar-refractivity contribution in [3.05, 3.63) is 34.3 Å². The summed E-state index contributed by atoms with van der Waals surface area (Å²) < 4.78 is 1.17. The molecule has 0 saturated heterocycles. The van der Waals surface area contributed by atoms with Gasteiger partial charge in [0.05, 0.1) is 5.69 Å². The quantitative estimate of drug-likeness (QED) is 0.654. The molecule has 0 radical (unpaired) electrons. The Labute approximate surface area is 80.8 Å². The Hall–Kier alpha value is -0.760. The Kier molecular flexibility index (Phi) is 1.93. The Bertz CT molecular complexity index is 331. The van der Waals surface area contributed by atoms with Crippen LogP contribution >= 0.6 is 15.9 Å². The van der Waals surface area contributed by atoms with E-state index in [2.05, 4.69) is 58.2 Å². The zero-order chi connectivity index (χ0) is 8.55. The van der Waals surface area contributed by atoms with Crippen molar-refractivity contribution >= 4 is 27.7 Å². The fourth-order valence-corrected chi connectivity index (χ4v) is 2.18. The van der Waals surface area contributed by atoms with Crippen molar-refractivity contribution in [1.82, 2.24) is 0 Å². The summed E-state index contributed by atoms with van der Waals surface area (Å²) in [6.07, 6.45) is 4.34. The first-order chi connectivity index (χ1) is 5.79. The van der Waals surface area contributed by atoms with E-state index in [4.69, 9.17) is 0 Å². The highest BCUT2D eigenvalue weighted by Gasteiger charge is 2.11. The van der Waals surface area contributed by atoms with Gasteiger partial charge in [-0.15, -0.1) is 0 Å². The Morgan fingerprint density at radius 2 is 2.25 bits per heavy atom. The number of halogens is 1. The standard InChI is InChI=1S/C10H10BrN/c1-12-7-3-5-8-4-2-6-9(11)10(8)12/h2-6H,7H2,1H3. The van der Waals surface area contributed by atoms with E-state index in [0.29, 0.717) is 0 Å². The van der Waals surface area contributed by atoms with Crippen LogP contribution in [0.25, 0.3) is 6.08 Å². The third kappa shape index (κ3) is 1.16. The topological polar surface area (TPSA) is 3.24 Å². The summed E-state index contributed by atoms with van der Waals surface area (Å²) in [6.45, 7) is 0.996. The first kappa shape index (κ1) is 7.87. The van der Waals surface area contributed by atoms with Crippen molar-refractivity contribution in [3.63, 3.8) is 0 Å². The van der Waals surface area contributed by atoms with Gasteiger partial charge < -0.3 is 4.90 Å². The van der Waals surface area contributed by atoms with E-state index in [0.717, 1.165) is 6.54 Å². The lowest BCUT2D eigenvalue weighted by Gasteiger charge is -2.24. The minimum Gasteiger partial charge on any atom is -0.369 e. The summed E-state index contributed by atoms with van der Waals surface area (Å²) in [5.74, 6) is 0. The Morgan fingerprint density at radius 1 is 1.42 bits per heavy atom. The molecular weight excluding hydrogens is 214 g/mol. The number of nitrogens with zero attached hydrogens (tertiary/aromatic N) is 1. The Morgan fingerprint density at radius 3 is 3.00 bits per heavy atom. The summed E-state index contributed by atoms with van der Waals surface area (Å²) in [6, 6.07) is 6.27. The van der Waals surface area contributed by atoms with E-state index in [1.54, 1.807) is 0 Å². The normalized spacial score (nSPS) is 14.7. The fourth-order valence-electron chi connectivity index (χ4n) is 1.50. The maximum absolute atomic E-state index is 3.55. The number of likely N-dealkylation sites (N-methyl/N-ethyl adjacent to an activating group) is 1. The van der Waals surface area contributed by atoms with Crippen LogP contribution in [0, 0.1) is 0 Å². The van der Waals surface area contributed by atoms with Crippen molar-refractivity contribution in [1.29, 1.82) is 0 Å². The van der Waals surface area contributed by atoms with Crippen molar-refractivity contribution in [3.8, 4) is 0 Å². The molecule has 0 aliphatic carbocycles. The molecule has 0 aromatic heterocycles. The van der Waals surface area contributed by atoms with Gasteiger partial charge in [-0.2, -0.15) is 0 Å². The number of para-hydroxylation sites is 1. The van der Waals surface area contributed by atoms with Gasteiger partial charge in [-0.05, 0) is 27.6 Å². The zero-order valence-corrected chi connectivity index (χ0v) is 8.51. The van der Waals surface area contributed by atoms with E-state index in [1.807, 2.05) is 0 Å². The molecule has 1 aliphatic rings. The van der Waals surface area contributed by atoms with E-state index >= 15 is 0 Å². The van der Waals surface area contributed by atoms with Gasteiger partial charge in [0, 0.05) is 18.1 Å². The molecule has 0 bridgehead atoms. The van der Waals surface area contributed by atoms with E-state index in [9.17, 15) is 0 Å². The molecule has 0 spiro atoms. The fraction of sp³-hybridized carbons (Fsp3) is 0.200. The SMILES string of the molecule is CN1CC=Cc2cccc(Br)c21. The van der Waals surface area contributed by atoms with Crippen LogP contribution in [0.15, 0.2) is 28.7 Å². The molecule has 12 heavy (non-hydrogen) atoms. The molecule has 0 atom stereocenters. The summed E-state index contributed by atoms with van der Waals surface area (Å²) >= 11 is 3.55. The lowest BCUT2D eigenvalue weighted by molar-refractivity contribution is 1.01. The van der Waals surface area contributed by atoms with Crippen molar-refractivity contribution in [2.75, 3.05) is 18.5 Å². The second kappa shape index (κ2) is 2.94. The number of hydrogen-bond donors (Lipinski definition) is 0. The monoisotopic (exact) mass is 223 g/mol. The summed E-state index contributed by atoms with van der Waals surface area (Å²) in [5, 5.41) is 0. The molecule has 0 saturated carbocycles. The molecule has 2 rings (SSSR count). The van der Waals surface area contributed by atoms with Gasteiger partial charge in [0.2, 0.25) is 0 Å². The number of rotatable bonds is 0. The van der Waals surface area contributed by atoms with E-state index < -0.39 is 0 Å². The van der Waals surface area contributed by atoms with Crippen LogP contribution in [0.5, 0.6) is 0 Å². The first-order valence-corrected chi connectivity index (χ1v) is 4.74. The number of anilines is 1. The molecule has 1 nitrogen and oxygen atoms in total. The minimum absolute atomic E-state index is 0.996. The zero-order valence-electron chi connectivity index (χ0n) is 6.92. The molecule has 0 fully saturated rings. The molecule has 62 valence electrons. The summed E-state index contributed by atoms with van der Waals surface area (Å²) in [7, 11) is 2.10. The molecule has 0 amide bonds. The number of fused-ring (bicyclic) bond motifs is 1. The van der Waals surface area contributed by atoms with Crippen LogP contribution in [0.4, 0.5) is 5.69 Å². The predicted molar refractivity (Wildman–Crippen MR) is 56.4 cm³/mol. The lowest BCUT2D eigenvalue weighted by atomic mass is 10.1. The van der Waals surface area contributed by atoms with E-state index in [-0.39, 0.29) is 0 Å². The smallest absolute Gasteiger partial charge is 0.0584 e. The highest BCUT2D eigenvalue weighted by molar-refractivity contribution is 9.10. The molecule has 1 aliphatic heterocycles. The van der Waals surface area contributed by atoms with Crippen LogP contribution in [-0.2, 0) is 0 Å². The molecule has 1 heterocycles. The van der Waals surface area contributed by atoms with Crippen LogP contribution in [0.1, 0.15) is 5.56 Å². The van der Waals surface area contributed by atoms with Crippen LogP contribution < -0.4 is 4.90 Å². The first-order valence-electron chi connectivity index (χ1n) is 3.95. The highest BCUT2D eigenvalue weighted by Crippen LogP contribution is 2.32. The molecule has 1 aromatic rings. The van der Waals surface area contributed by atoms with Gasteiger partial charge in [0.25, 0.3) is 0 Å². The van der Waals surface area contributed by atoms with Gasteiger partial charge in [-0.25, -0.2) is 0 Å². The third-order valence-electron chi connectivity index (χ3n) is 2.08. The third-order valence-corrected chi connectivity index (χ3v) is 2.72. The second-order valence-corrected chi connectivity index (χ2v) is 3.81. The lowest BCUT2D eigenvalue weighted by Crippen LogP contribution is -2.20. The van der Waals surface area contributed by atoms with Crippen molar-refractivity contribution in [2.24, 2.45) is 0 Å². The van der Waals surface area contributed by atoms with Crippen molar-refractivity contribution in [2.45, 2.75) is 0 Å². The second-order valence-electron chi connectivity index (χ2n) is 2.96. The molecule has 0 N–H and O–H groups in total. The molecule has 0 unspecified atom stereocenters. The van der Waals surface area contributed by atoms with Crippen LogP contribution in [-0.4, -0.2) is 13.6 Å². The molecule has 1 aromatic carbocycles. The maximum Gasteiger partial charge on any atom is 0.0584 e. The van der Waals surface area contributed by atoms with Gasteiger partial charge >= 0.3 is 0 Å². The largest absolute Gasteiger partial charge is 0.369 e. The van der Waals surface area contributed by atoms with Gasteiger partial charge in [-0.1, -0.05) is 24.3 Å². The number of hydrogen-bond acceptors (Lipinski definition) is 1. The summed E-state index contributed by atoms with van der Waals surface area (Å²) in [5.41, 5.74) is 2.58. The maximum atomic E-state index is 3.55. The van der Waals surface area contributed by atoms with Crippen LogP contribution in [0.2, 0.25) is 0 Å². The number of benzene rings is 1. The average molecular weight is 224 g/mol. The molecular formula is C10H10BrN. The predicted octanol–water partition coefficient (Wildman–Crippen LogP) is 2.91. The van der Waals surface area contributed by atoms with Crippen LogP contribution in [0.3, 0.4) is 0 Å². The van der Waals surface area contributed by atoms with E-state index in [1.165, 1.54) is 15.7 Å². The van der Waals surface area contributed by atoms with Gasteiger partial charge in [0.15, 0.2) is 0 Å².